The van der Waals surface area contributed by atoms with Gasteiger partial charge in [-0.15, -0.1) is 0 Å². The quantitative estimate of drug-likeness (QED) is 0.632. The number of hydrogen-bond donors (Lipinski definition) is 2. The molecule has 1 saturated carbocycles. The third-order valence-corrected chi connectivity index (χ3v) is 5.31. The number of pyridine rings is 3. The van der Waals surface area contributed by atoms with Crippen molar-refractivity contribution in [1.82, 2.24) is 15.0 Å². The smallest absolute Gasteiger partial charge is 0.275 e. The van der Waals surface area contributed by atoms with Crippen LogP contribution < -0.4 is 10.6 Å². The largest absolute Gasteiger partial charge is 0.324 e. The highest BCUT2D eigenvalue weighted by atomic mass is 19.1. The van der Waals surface area contributed by atoms with Crippen molar-refractivity contribution in [3.63, 3.8) is 0 Å². The molecule has 3 aromatic rings. The number of rotatable bonds is 5. The molecule has 152 valence electrons. The molecular weight excluding hydrogens is 385 g/mol. The minimum atomic E-state index is -0.692. The summed E-state index contributed by atoms with van der Waals surface area (Å²) in [6.45, 7) is 1.81. The summed E-state index contributed by atoms with van der Waals surface area (Å²) in [5.41, 5.74) is 1.58. The van der Waals surface area contributed by atoms with E-state index in [2.05, 4.69) is 25.6 Å². The van der Waals surface area contributed by atoms with Gasteiger partial charge in [-0.1, -0.05) is 18.6 Å². The average Bonchev–Trinajstić information content (AvgIpc) is 2.70. The summed E-state index contributed by atoms with van der Waals surface area (Å²) >= 11 is 0. The van der Waals surface area contributed by atoms with Crippen molar-refractivity contribution in [1.29, 1.82) is 0 Å². The lowest BCUT2D eigenvalue weighted by Crippen LogP contribution is -2.46. The average molecular weight is 405 g/mol. The van der Waals surface area contributed by atoms with Crippen LogP contribution in [-0.4, -0.2) is 26.8 Å². The van der Waals surface area contributed by atoms with Gasteiger partial charge < -0.3 is 10.6 Å². The Bertz CT molecular complexity index is 1080. The molecule has 2 amide bonds. The van der Waals surface area contributed by atoms with E-state index in [0.717, 1.165) is 17.7 Å². The summed E-state index contributed by atoms with van der Waals surface area (Å²) in [5.74, 6) is -0.748. The van der Waals surface area contributed by atoms with Gasteiger partial charge in [-0.05, 0) is 55.7 Å². The van der Waals surface area contributed by atoms with Crippen LogP contribution in [-0.2, 0) is 10.2 Å². The Morgan fingerprint density at radius 1 is 1.00 bits per heavy atom. The Hall–Kier alpha value is -3.68. The normalized spacial score (nSPS) is 14.5. The Balaban J connectivity index is 1.48. The minimum absolute atomic E-state index is 0.176. The number of carbonyl (C=O) groups is 2. The maximum absolute atomic E-state index is 13.0. The molecule has 30 heavy (non-hydrogen) atoms. The highest BCUT2D eigenvalue weighted by Gasteiger charge is 2.46. The molecule has 0 aromatic carbocycles. The Morgan fingerprint density at radius 2 is 1.83 bits per heavy atom. The van der Waals surface area contributed by atoms with Crippen LogP contribution in [0.25, 0.3) is 0 Å². The standard InChI is InChI=1S/C22H20FN5O2/c1-14-4-2-5-17(26-14)20(29)28-19-9-6-15(12-25-19)22(10-3-11-22)21(30)27-16-7-8-18(23)24-13-16/h2,4-9,12-13H,3,10-11H2,1H3,(H,27,30)(H,25,28,29). The van der Waals surface area contributed by atoms with Gasteiger partial charge in [0.05, 0.1) is 17.3 Å². The van der Waals surface area contributed by atoms with Gasteiger partial charge in [-0.2, -0.15) is 4.39 Å². The van der Waals surface area contributed by atoms with Crippen LogP contribution in [0.5, 0.6) is 0 Å². The van der Waals surface area contributed by atoms with Crippen molar-refractivity contribution >= 4 is 23.3 Å². The second-order valence-electron chi connectivity index (χ2n) is 7.31. The van der Waals surface area contributed by atoms with E-state index in [1.54, 1.807) is 30.5 Å². The van der Waals surface area contributed by atoms with E-state index >= 15 is 0 Å². The molecule has 0 unspecified atom stereocenters. The van der Waals surface area contributed by atoms with Gasteiger partial charge in [-0.3, -0.25) is 9.59 Å². The first-order valence-corrected chi connectivity index (χ1v) is 9.61. The first-order valence-electron chi connectivity index (χ1n) is 9.61. The molecule has 0 atom stereocenters. The molecule has 3 heterocycles. The molecule has 8 heteroatoms. The van der Waals surface area contributed by atoms with Gasteiger partial charge in [0, 0.05) is 11.9 Å². The molecule has 1 aliphatic carbocycles. The topological polar surface area (TPSA) is 96.9 Å². The fourth-order valence-electron chi connectivity index (χ4n) is 3.48. The van der Waals surface area contributed by atoms with E-state index in [1.165, 1.54) is 18.3 Å². The van der Waals surface area contributed by atoms with Crippen LogP contribution in [0.1, 0.15) is 41.0 Å². The van der Waals surface area contributed by atoms with Gasteiger partial charge in [0.1, 0.15) is 11.5 Å². The van der Waals surface area contributed by atoms with E-state index in [1.807, 2.05) is 13.0 Å². The number of amides is 2. The summed E-state index contributed by atoms with van der Waals surface area (Å²) < 4.78 is 13.0. The maximum Gasteiger partial charge on any atom is 0.275 e. The summed E-state index contributed by atoms with van der Waals surface area (Å²) in [4.78, 5) is 37.4. The lowest BCUT2D eigenvalue weighted by atomic mass is 9.64. The molecule has 0 saturated heterocycles. The maximum atomic E-state index is 13.0. The molecular formula is C22H20FN5O2. The van der Waals surface area contributed by atoms with Crippen LogP contribution >= 0.6 is 0 Å². The van der Waals surface area contributed by atoms with E-state index in [0.29, 0.717) is 30.0 Å². The highest BCUT2D eigenvalue weighted by molar-refractivity contribution is 6.02. The molecule has 0 radical (unpaired) electrons. The summed E-state index contributed by atoms with van der Waals surface area (Å²) in [7, 11) is 0. The number of hydrogen-bond acceptors (Lipinski definition) is 5. The van der Waals surface area contributed by atoms with Gasteiger partial charge in [0.25, 0.3) is 5.91 Å². The number of halogens is 1. The Morgan fingerprint density at radius 3 is 2.43 bits per heavy atom. The number of nitrogens with one attached hydrogen (secondary N) is 2. The van der Waals surface area contributed by atoms with Crippen LogP contribution in [0.3, 0.4) is 0 Å². The lowest BCUT2D eigenvalue weighted by molar-refractivity contribution is -0.124. The first kappa shape index (κ1) is 19.6. The third-order valence-electron chi connectivity index (χ3n) is 5.31. The van der Waals surface area contributed by atoms with Gasteiger partial charge in [0.15, 0.2) is 0 Å². The van der Waals surface area contributed by atoms with Crippen molar-refractivity contribution in [2.45, 2.75) is 31.6 Å². The van der Waals surface area contributed by atoms with Gasteiger partial charge in [-0.25, -0.2) is 15.0 Å². The summed E-state index contributed by atoms with van der Waals surface area (Å²) in [6, 6.07) is 11.4. The van der Waals surface area contributed by atoms with Gasteiger partial charge in [0.2, 0.25) is 11.9 Å². The second kappa shape index (κ2) is 7.98. The summed E-state index contributed by atoms with van der Waals surface area (Å²) in [5, 5.41) is 5.53. The van der Waals surface area contributed by atoms with E-state index in [9.17, 15) is 14.0 Å². The van der Waals surface area contributed by atoms with E-state index in [-0.39, 0.29) is 11.8 Å². The van der Waals surface area contributed by atoms with Crippen molar-refractivity contribution in [3.05, 3.63) is 77.8 Å². The Labute approximate surface area is 172 Å². The lowest BCUT2D eigenvalue weighted by Gasteiger charge is -2.40. The Kier molecular flexibility index (Phi) is 5.22. The monoisotopic (exact) mass is 405 g/mol. The molecule has 1 fully saturated rings. The van der Waals surface area contributed by atoms with Crippen LogP contribution in [0.4, 0.5) is 15.9 Å². The molecule has 4 rings (SSSR count). The van der Waals surface area contributed by atoms with Crippen LogP contribution in [0.2, 0.25) is 0 Å². The molecule has 2 N–H and O–H groups in total. The van der Waals surface area contributed by atoms with E-state index < -0.39 is 11.4 Å². The van der Waals surface area contributed by atoms with Crippen molar-refractivity contribution in [2.24, 2.45) is 0 Å². The third kappa shape index (κ3) is 3.89. The van der Waals surface area contributed by atoms with Crippen molar-refractivity contribution in [3.8, 4) is 0 Å². The number of aryl methyl sites for hydroxylation is 1. The molecule has 0 aliphatic heterocycles. The number of nitrogens with zero attached hydrogens (tertiary/aromatic N) is 3. The van der Waals surface area contributed by atoms with Crippen molar-refractivity contribution < 1.29 is 14.0 Å². The number of carbonyl (C=O) groups excluding carboxylic acids is 2. The van der Waals surface area contributed by atoms with Crippen molar-refractivity contribution in [2.75, 3.05) is 10.6 Å². The zero-order valence-corrected chi connectivity index (χ0v) is 16.4. The van der Waals surface area contributed by atoms with Crippen LogP contribution in [0, 0.1) is 12.9 Å². The summed E-state index contributed by atoms with van der Waals surface area (Å²) in [6.07, 6.45) is 5.20. The van der Waals surface area contributed by atoms with E-state index in [4.69, 9.17) is 0 Å². The second-order valence-corrected chi connectivity index (χ2v) is 7.31. The fourth-order valence-corrected chi connectivity index (χ4v) is 3.48. The molecule has 0 spiro atoms. The SMILES string of the molecule is Cc1cccc(C(=O)Nc2ccc(C3(C(=O)Nc4ccc(F)nc4)CCC3)cn2)n1. The first-order chi connectivity index (χ1) is 14.5. The molecule has 7 nitrogen and oxygen atoms in total. The number of aromatic nitrogens is 3. The number of anilines is 2. The fraction of sp³-hybridized carbons (Fsp3) is 0.227. The molecule has 0 bridgehead atoms. The predicted molar refractivity (Wildman–Crippen MR) is 110 cm³/mol. The minimum Gasteiger partial charge on any atom is -0.324 e. The molecule has 1 aliphatic rings. The van der Waals surface area contributed by atoms with Gasteiger partial charge >= 0.3 is 0 Å². The van der Waals surface area contributed by atoms with Crippen LogP contribution in [0.15, 0.2) is 54.9 Å². The highest BCUT2D eigenvalue weighted by Crippen LogP contribution is 2.44. The molecule has 3 aromatic heterocycles. The zero-order chi connectivity index (χ0) is 21.1. The zero-order valence-electron chi connectivity index (χ0n) is 16.4. The predicted octanol–water partition coefficient (Wildman–Crippen LogP) is 3.63.